The maximum Gasteiger partial charge on any atom is 0.339 e. The number of benzene rings is 2. The highest BCUT2D eigenvalue weighted by Gasteiger charge is 2.33. The zero-order chi connectivity index (χ0) is 28.6. The van der Waals surface area contributed by atoms with E-state index in [1.807, 2.05) is 64.1 Å². The summed E-state index contributed by atoms with van der Waals surface area (Å²) in [5, 5.41) is 4.87. The summed E-state index contributed by atoms with van der Waals surface area (Å²) >= 11 is 7.79. The second kappa shape index (κ2) is 11.4. The first-order valence-corrected chi connectivity index (χ1v) is 14.5. The average molecular weight is 580 g/mol. The van der Waals surface area contributed by atoms with Crippen molar-refractivity contribution in [1.82, 2.24) is 20.3 Å². The summed E-state index contributed by atoms with van der Waals surface area (Å²) in [6.45, 7) is 12.5. The minimum Gasteiger partial charge on any atom is -0.467 e. The number of aromatic nitrogens is 3. The Morgan fingerprint density at radius 2 is 1.95 bits per heavy atom. The Morgan fingerprint density at radius 1 is 1.20 bits per heavy atom. The van der Waals surface area contributed by atoms with Gasteiger partial charge in [-0.2, -0.15) is 0 Å². The van der Waals surface area contributed by atoms with Gasteiger partial charge in [-0.1, -0.05) is 23.7 Å². The summed E-state index contributed by atoms with van der Waals surface area (Å²) in [5.41, 5.74) is 4.41. The molecule has 2 aromatic carbocycles. The molecule has 0 amide bonds. The number of hydrogen-bond acceptors (Lipinski definition) is 9. The minimum absolute atomic E-state index is 0.366. The van der Waals surface area contributed by atoms with Crippen LogP contribution in [0.2, 0.25) is 5.02 Å². The van der Waals surface area contributed by atoms with Gasteiger partial charge in [0.05, 0.1) is 22.9 Å². The monoisotopic (exact) mass is 579 g/mol. The molecule has 40 heavy (non-hydrogen) atoms. The van der Waals surface area contributed by atoms with E-state index in [9.17, 15) is 4.79 Å². The molecule has 0 bridgehead atoms. The van der Waals surface area contributed by atoms with E-state index in [0.717, 1.165) is 62.8 Å². The Kier molecular flexibility index (Phi) is 8.10. The number of fused-ring (bicyclic) bond motifs is 1. The molecule has 2 atom stereocenters. The fraction of sp³-hybridized carbons (Fsp3) is 0.400. The Morgan fingerprint density at radius 3 is 2.62 bits per heavy atom. The molecular weight excluding hydrogens is 546 g/mol. The SMILES string of the molecule is COC(=O)C(OC(C)(C)C)c1c(C)cc2nc(-c3ccnc(N4CCN[C@H](C)C4)n3)sc2c1-c1ccc(Cl)cc1. The fourth-order valence-electron chi connectivity index (χ4n) is 4.98. The van der Waals surface area contributed by atoms with Crippen LogP contribution in [0.1, 0.15) is 44.9 Å². The molecule has 3 heterocycles. The first-order chi connectivity index (χ1) is 19.0. The van der Waals surface area contributed by atoms with Crippen molar-refractivity contribution in [3.05, 3.63) is 58.7 Å². The van der Waals surface area contributed by atoms with E-state index in [1.165, 1.54) is 18.4 Å². The van der Waals surface area contributed by atoms with E-state index in [0.29, 0.717) is 17.0 Å². The van der Waals surface area contributed by atoms with Gasteiger partial charge in [0.25, 0.3) is 0 Å². The van der Waals surface area contributed by atoms with Crippen LogP contribution >= 0.6 is 22.9 Å². The summed E-state index contributed by atoms with van der Waals surface area (Å²) in [5.74, 6) is 0.243. The summed E-state index contributed by atoms with van der Waals surface area (Å²) in [7, 11) is 1.38. The van der Waals surface area contributed by atoms with Gasteiger partial charge in [0.2, 0.25) is 5.95 Å². The number of rotatable bonds is 6. The number of carbonyl (C=O) groups excluding carboxylic acids is 1. The van der Waals surface area contributed by atoms with Gasteiger partial charge in [-0.25, -0.2) is 19.7 Å². The zero-order valence-corrected chi connectivity index (χ0v) is 25.2. The number of esters is 1. The molecule has 210 valence electrons. The average Bonchev–Trinajstić information content (AvgIpc) is 3.34. The van der Waals surface area contributed by atoms with Crippen molar-refractivity contribution in [2.45, 2.75) is 52.4 Å². The molecule has 10 heteroatoms. The van der Waals surface area contributed by atoms with Crippen LogP contribution in [0.5, 0.6) is 0 Å². The van der Waals surface area contributed by atoms with Crippen LogP contribution in [-0.4, -0.2) is 59.3 Å². The lowest BCUT2D eigenvalue weighted by molar-refractivity contribution is -0.164. The number of halogens is 1. The van der Waals surface area contributed by atoms with Crippen molar-refractivity contribution in [3.8, 4) is 21.8 Å². The third-order valence-electron chi connectivity index (χ3n) is 6.72. The highest BCUT2D eigenvalue weighted by molar-refractivity contribution is 7.22. The number of methoxy groups -OCH3 is 1. The minimum atomic E-state index is -0.925. The normalized spacial score (nSPS) is 16.8. The molecule has 1 saturated heterocycles. The van der Waals surface area contributed by atoms with Crippen molar-refractivity contribution < 1.29 is 14.3 Å². The molecule has 1 fully saturated rings. The van der Waals surface area contributed by atoms with Crippen LogP contribution < -0.4 is 10.2 Å². The molecule has 5 rings (SSSR count). The van der Waals surface area contributed by atoms with E-state index < -0.39 is 17.7 Å². The highest BCUT2D eigenvalue weighted by atomic mass is 35.5. The molecule has 2 aromatic heterocycles. The Bertz CT molecular complexity index is 1530. The zero-order valence-electron chi connectivity index (χ0n) is 23.6. The lowest BCUT2D eigenvalue weighted by Gasteiger charge is -2.31. The van der Waals surface area contributed by atoms with Gasteiger partial charge in [-0.15, -0.1) is 11.3 Å². The van der Waals surface area contributed by atoms with Crippen molar-refractivity contribution >= 4 is 45.1 Å². The van der Waals surface area contributed by atoms with E-state index in [-0.39, 0.29) is 0 Å². The van der Waals surface area contributed by atoms with E-state index in [2.05, 4.69) is 22.1 Å². The first-order valence-electron chi connectivity index (χ1n) is 13.3. The third kappa shape index (κ3) is 5.98. The molecule has 4 aromatic rings. The quantitative estimate of drug-likeness (QED) is 0.270. The topological polar surface area (TPSA) is 89.5 Å². The highest BCUT2D eigenvalue weighted by Crippen LogP contribution is 2.44. The number of anilines is 1. The second-order valence-electron chi connectivity index (χ2n) is 11.0. The third-order valence-corrected chi connectivity index (χ3v) is 8.09. The number of hydrogen-bond donors (Lipinski definition) is 1. The Labute approximate surface area is 243 Å². The van der Waals surface area contributed by atoms with Crippen LogP contribution in [0.15, 0.2) is 42.6 Å². The van der Waals surface area contributed by atoms with Crippen molar-refractivity contribution in [1.29, 1.82) is 0 Å². The summed E-state index contributed by atoms with van der Waals surface area (Å²) in [6, 6.07) is 11.9. The molecule has 0 spiro atoms. The van der Waals surface area contributed by atoms with Crippen molar-refractivity contribution in [3.63, 3.8) is 0 Å². The summed E-state index contributed by atoms with van der Waals surface area (Å²) < 4.78 is 12.5. The molecule has 0 radical (unpaired) electrons. The number of piperazine rings is 1. The van der Waals surface area contributed by atoms with Gasteiger partial charge in [-0.05, 0) is 70.0 Å². The lowest BCUT2D eigenvalue weighted by Crippen LogP contribution is -2.49. The molecule has 1 N–H and O–H groups in total. The van der Waals surface area contributed by atoms with Crippen LogP contribution in [-0.2, 0) is 14.3 Å². The van der Waals surface area contributed by atoms with Crippen LogP contribution in [0.4, 0.5) is 5.95 Å². The Hall–Kier alpha value is -3.11. The van der Waals surface area contributed by atoms with Crippen LogP contribution in [0, 0.1) is 6.92 Å². The summed E-state index contributed by atoms with van der Waals surface area (Å²) in [4.78, 5) is 29.8. The number of nitrogens with one attached hydrogen (secondary N) is 1. The molecule has 8 nitrogen and oxygen atoms in total. The van der Waals surface area contributed by atoms with Crippen LogP contribution in [0.25, 0.3) is 32.0 Å². The van der Waals surface area contributed by atoms with Gasteiger partial charge < -0.3 is 19.7 Å². The first kappa shape index (κ1) is 28.4. The predicted molar refractivity (Wildman–Crippen MR) is 161 cm³/mol. The molecule has 0 saturated carbocycles. The maximum atomic E-state index is 13.1. The van der Waals surface area contributed by atoms with Crippen LogP contribution in [0.3, 0.4) is 0 Å². The second-order valence-corrected chi connectivity index (χ2v) is 12.5. The smallest absolute Gasteiger partial charge is 0.339 e. The van der Waals surface area contributed by atoms with E-state index >= 15 is 0 Å². The maximum absolute atomic E-state index is 13.1. The standard InChI is InChI=1S/C30H34ClN5O3S/c1-17-15-22-26(40-27(34-22)21-11-12-33-29(35-21)36-14-13-32-18(2)16-36)24(19-7-9-20(31)10-8-19)23(17)25(28(37)38-6)39-30(3,4)5/h7-12,15,18,25,32H,13-14,16H2,1-6H3/t18-,25?/m1/s1. The van der Waals surface area contributed by atoms with Gasteiger partial charge >= 0.3 is 5.97 Å². The number of ether oxygens (including phenoxy) is 2. The van der Waals surface area contributed by atoms with Gasteiger partial charge in [0.1, 0.15) is 10.7 Å². The fourth-order valence-corrected chi connectivity index (χ4v) is 6.20. The molecule has 1 unspecified atom stereocenters. The molecule has 1 aliphatic rings. The van der Waals surface area contributed by atoms with E-state index in [4.69, 9.17) is 31.0 Å². The largest absolute Gasteiger partial charge is 0.467 e. The number of aryl methyl sites for hydroxylation is 1. The summed E-state index contributed by atoms with van der Waals surface area (Å²) in [6.07, 6.45) is 0.864. The number of carbonyl (C=O) groups is 1. The number of nitrogens with zero attached hydrogens (tertiary/aromatic N) is 4. The lowest BCUT2D eigenvalue weighted by atomic mass is 9.91. The molecule has 0 aliphatic carbocycles. The van der Waals surface area contributed by atoms with Gasteiger partial charge in [-0.3, -0.25) is 0 Å². The molecule has 1 aliphatic heterocycles. The number of thiazole rings is 1. The van der Waals surface area contributed by atoms with Crippen molar-refractivity contribution in [2.75, 3.05) is 31.6 Å². The predicted octanol–water partition coefficient (Wildman–Crippen LogP) is 6.21. The molecular formula is C30H34ClN5O3S. The van der Waals surface area contributed by atoms with E-state index in [1.54, 1.807) is 6.20 Å². The Balaban J connectivity index is 1.69. The van der Waals surface area contributed by atoms with Crippen molar-refractivity contribution in [2.24, 2.45) is 0 Å². The van der Waals surface area contributed by atoms with Gasteiger partial charge in [0, 0.05) is 48.0 Å². The van der Waals surface area contributed by atoms with Gasteiger partial charge in [0.15, 0.2) is 6.10 Å².